The van der Waals surface area contributed by atoms with E-state index in [1.54, 1.807) is 37.1 Å². The van der Waals surface area contributed by atoms with Gasteiger partial charge in [-0.3, -0.25) is 4.79 Å². The summed E-state index contributed by atoms with van der Waals surface area (Å²) >= 11 is 0. The van der Waals surface area contributed by atoms with Crippen molar-refractivity contribution in [2.75, 3.05) is 19.5 Å². The quantitative estimate of drug-likeness (QED) is 0.620. The third kappa shape index (κ3) is 3.65. The maximum absolute atomic E-state index is 14.2. The highest BCUT2D eigenvalue weighted by atomic mass is 19.1. The highest BCUT2D eigenvalue weighted by Crippen LogP contribution is 2.46. The van der Waals surface area contributed by atoms with Crippen LogP contribution >= 0.6 is 0 Å². The third-order valence-electron chi connectivity index (χ3n) is 6.14. The molecular formula is C25H25FN4O3. The molecule has 0 amide bonds. The van der Waals surface area contributed by atoms with Crippen molar-refractivity contribution >= 4 is 11.7 Å². The predicted molar refractivity (Wildman–Crippen MR) is 122 cm³/mol. The van der Waals surface area contributed by atoms with Crippen LogP contribution in [-0.2, 0) is 4.79 Å². The topological polar surface area (TPSA) is 78.3 Å². The van der Waals surface area contributed by atoms with Crippen LogP contribution in [0.4, 0.5) is 10.3 Å². The number of anilines is 1. The lowest BCUT2D eigenvalue weighted by atomic mass is 9.73. The molecular weight excluding hydrogens is 423 g/mol. The number of hydrogen-bond donors (Lipinski definition) is 1. The Morgan fingerprint density at radius 3 is 2.61 bits per heavy atom. The summed E-state index contributed by atoms with van der Waals surface area (Å²) in [6.45, 7) is 4.14. The zero-order valence-electron chi connectivity index (χ0n) is 19.0. The molecule has 1 N–H and O–H groups in total. The van der Waals surface area contributed by atoms with Crippen LogP contribution in [0.15, 0.2) is 53.7 Å². The molecule has 0 fully saturated rings. The summed E-state index contributed by atoms with van der Waals surface area (Å²) < 4.78 is 26.6. The molecule has 0 spiro atoms. The minimum atomic E-state index is -0.558. The van der Waals surface area contributed by atoms with E-state index < -0.39 is 6.04 Å². The van der Waals surface area contributed by atoms with E-state index in [1.807, 2.05) is 12.1 Å². The average molecular weight is 448 g/mol. The van der Waals surface area contributed by atoms with Gasteiger partial charge in [0.05, 0.1) is 14.2 Å². The molecule has 7 nitrogen and oxygen atoms in total. The normalized spacial score (nSPS) is 18.9. The molecule has 0 saturated heterocycles. The van der Waals surface area contributed by atoms with Gasteiger partial charge in [-0.25, -0.2) is 9.07 Å². The molecule has 170 valence electrons. The summed E-state index contributed by atoms with van der Waals surface area (Å²) in [5.41, 5.74) is 2.66. The fraction of sp³-hybridized carbons (Fsp3) is 0.320. The Labute approximate surface area is 191 Å². The van der Waals surface area contributed by atoms with E-state index in [9.17, 15) is 9.18 Å². The fourth-order valence-electron chi connectivity index (χ4n) is 4.69. The number of carbonyl (C=O) groups is 1. The first-order valence-corrected chi connectivity index (χ1v) is 10.8. The minimum Gasteiger partial charge on any atom is -0.493 e. The number of ketones is 1. The van der Waals surface area contributed by atoms with E-state index >= 15 is 0 Å². The number of rotatable bonds is 4. The number of benzene rings is 2. The molecule has 3 aromatic rings. The first-order chi connectivity index (χ1) is 15.8. The fourth-order valence-corrected chi connectivity index (χ4v) is 4.69. The molecule has 1 aliphatic heterocycles. The number of halogens is 1. The van der Waals surface area contributed by atoms with Crippen LogP contribution in [-0.4, -0.2) is 34.8 Å². The Morgan fingerprint density at radius 2 is 1.88 bits per heavy atom. The first-order valence-electron chi connectivity index (χ1n) is 10.8. The largest absolute Gasteiger partial charge is 0.493 e. The van der Waals surface area contributed by atoms with Crippen LogP contribution in [0.25, 0.3) is 11.4 Å². The van der Waals surface area contributed by atoms with Gasteiger partial charge < -0.3 is 14.8 Å². The van der Waals surface area contributed by atoms with E-state index in [0.717, 1.165) is 11.3 Å². The van der Waals surface area contributed by atoms with E-state index in [1.165, 1.54) is 12.1 Å². The molecule has 2 aromatic carbocycles. The van der Waals surface area contributed by atoms with Crippen molar-refractivity contribution in [3.63, 3.8) is 0 Å². The molecule has 1 unspecified atom stereocenters. The standard InChI is InChI=1S/C25H25FN4O3/c1-25(2)12-17-21(18(31)13-25)22(14-6-5-7-16(26)10-14)30-24(27-17)28-23(29-30)15-8-9-19(32-3)20(11-15)33-4/h5-11,22H,12-13H2,1-4H3,(H,27,28,29). The highest BCUT2D eigenvalue weighted by Gasteiger charge is 2.42. The second kappa shape index (κ2) is 7.72. The number of methoxy groups -OCH3 is 2. The summed E-state index contributed by atoms with van der Waals surface area (Å²) in [5.74, 6) is 1.82. The number of nitrogens with one attached hydrogen (secondary N) is 1. The Bertz CT molecular complexity index is 1290. The van der Waals surface area contributed by atoms with Crippen LogP contribution in [0.3, 0.4) is 0 Å². The Morgan fingerprint density at radius 1 is 1.09 bits per heavy atom. The Kier molecular flexibility index (Phi) is 4.96. The van der Waals surface area contributed by atoms with E-state index in [0.29, 0.717) is 47.2 Å². The second-order valence-electron chi connectivity index (χ2n) is 9.19. The van der Waals surface area contributed by atoms with E-state index in [2.05, 4.69) is 19.2 Å². The van der Waals surface area contributed by atoms with Gasteiger partial charge in [0.15, 0.2) is 23.1 Å². The number of ether oxygens (including phenoxy) is 2. The maximum Gasteiger partial charge on any atom is 0.226 e. The van der Waals surface area contributed by atoms with Crippen LogP contribution in [0.1, 0.15) is 38.3 Å². The van der Waals surface area contributed by atoms with Gasteiger partial charge in [-0.05, 0) is 47.7 Å². The van der Waals surface area contributed by atoms with Crippen molar-refractivity contribution < 1.29 is 18.7 Å². The van der Waals surface area contributed by atoms with Crippen molar-refractivity contribution in [1.82, 2.24) is 14.8 Å². The van der Waals surface area contributed by atoms with Gasteiger partial charge in [-0.1, -0.05) is 26.0 Å². The SMILES string of the molecule is COc1ccc(-c2nc3n(n2)C(c2cccc(F)c2)C2=C(CC(C)(C)CC2=O)N3)cc1OC. The lowest BCUT2D eigenvalue weighted by molar-refractivity contribution is -0.118. The Hall–Kier alpha value is -3.68. The smallest absolute Gasteiger partial charge is 0.226 e. The number of hydrogen-bond acceptors (Lipinski definition) is 6. The summed E-state index contributed by atoms with van der Waals surface area (Å²) in [6.07, 6.45) is 1.12. The van der Waals surface area contributed by atoms with Gasteiger partial charge in [0, 0.05) is 23.3 Å². The number of fused-ring (bicyclic) bond motifs is 1. The summed E-state index contributed by atoms with van der Waals surface area (Å²) in [4.78, 5) is 18.0. The summed E-state index contributed by atoms with van der Waals surface area (Å²) in [6, 6.07) is 11.2. The third-order valence-corrected chi connectivity index (χ3v) is 6.14. The van der Waals surface area contributed by atoms with Crippen molar-refractivity contribution in [2.24, 2.45) is 5.41 Å². The van der Waals surface area contributed by atoms with Crippen molar-refractivity contribution in [1.29, 1.82) is 0 Å². The van der Waals surface area contributed by atoms with E-state index in [-0.39, 0.29) is 17.0 Å². The summed E-state index contributed by atoms with van der Waals surface area (Å²) in [5, 5.41) is 8.08. The van der Waals surface area contributed by atoms with Crippen molar-refractivity contribution in [2.45, 2.75) is 32.7 Å². The molecule has 0 bridgehead atoms. The Balaban J connectivity index is 1.66. The molecule has 33 heavy (non-hydrogen) atoms. The van der Waals surface area contributed by atoms with Crippen LogP contribution in [0.2, 0.25) is 0 Å². The zero-order valence-corrected chi connectivity index (χ0v) is 19.0. The monoisotopic (exact) mass is 448 g/mol. The zero-order chi connectivity index (χ0) is 23.3. The molecule has 1 atom stereocenters. The molecule has 0 saturated carbocycles. The van der Waals surface area contributed by atoms with Crippen LogP contribution in [0, 0.1) is 11.2 Å². The minimum absolute atomic E-state index is 0.0387. The lowest BCUT2D eigenvalue weighted by Gasteiger charge is -2.38. The van der Waals surface area contributed by atoms with Gasteiger partial charge in [0.25, 0.3) is 0 Å². The molecule has 8 heteroatoms. The molecule has 1 aliphatic carbocycles. The number of allylic oxidation sites excluding steroid dienone is 2. The van der Waals surface area contributed by atoms with Gasteiger partial charge in [0.1, 0.15) is 11.9 Å². The molecule has 2 heterocycles. The van der Waals surface area contributed by atoms with Crippen molar-refractivity contribution in [3.05, 3.63) is 65.1 Å². The second-order valence-corrected chi connectivity index (χ2v) is 9.19. The number of aromatic nitrogens is 3. The van der Waals surface area contributed by atoms with Crippen molar-refractivity contribution in [3.8, 4) is 22.9 Å². The number of nitrogens with zero attached hydrogens (tertiary/aromatic N) is 3. The number of carbonyl (C=O) groups excluding carboxylic acids is 1. The molecule has 5 rings (SSSR count). The van der Waals surface area contributed by atoms with Crippen LogP contribution in [0.5, 0.6) is 11.5 Å². The van der Waals surface area contributed by atoms with E-state index in [4.69, 9.17) is 19.6 Å². The maximum atomic E-state index is 14.2. The molecule has 0 radical (unpaired) electrons. The highest BCUT2D eigenvalue weighted by molar-refractivity contribution is 6.00. The predicted octanol–water partition coefficient (Wildman–Crippen LogP) is 4.76. The molecule has 2 aliphatic rings. The van der Waals surface area contributed by atoms with Gasteiger partial charge in [0.2, 0.25) is 5.95 Å². The molecule has 1 aromatic heterocycles. The van der Waals surface area contributed by atoms with Gasteiger partial charge >= 0.3 is 0 Å². The van der Waals surface area contributed by atoms with Gasteiger partial charge in [-0.2, -0.15) is 4.98 Å². The average Bonchev–Trinajstić information content (AvgIpc) is 3.20. The van der Waals surface area contributed by atoms with Crippen LogP contribution < -0.4 is 14.8 Å². The summed E-state index contributed by atoms with van der Waals surface area (Å²) in [7, 11) is 3.15. The lowest BCUT2D eigenvalue weighted by Crippen LogP contribution is -2.36. The van der Waals surface area contributed by atoms with Gasteiger partial charge in [-0.15, -0.1) is 5.10 Å². The first kappa shape index (κ1) is 21.2. The number of Topliss-reactive ketones (excluding diaryl/α,β-unsaturated/α-hetero) is 1.